The van der Waals surface area contributed by atoms with Gasteiger partial charge in [-0.05, 0) is 18.2 Å². The van der Waals surface area contributed by atoms with E-state index in [1.54, 1.807) is 48.3 Å². The van der Waals surface area contributed by atoms with E-state index in [4.69, 9.17) is 15.2 Å². The average Bonchev–Trinajstić information content (AvgIpc) is 2.65. The Hall–Kier alpha value is -1.83. The Morgan fingerprint density at radius 1 is 1.16 bits per heavy atom. The number of methoxy groups -OCH3 is 2. The first-order valence-corrected chi connectivity index (χ1v) is 8.03. The number of carbonyl (C=O) groups is 2. The molecule has 1 fully saturated rings. The Balaban J connectivity index is 0.00000312. The van der Waals surface area contributed by atoms with Gasteiger partial charge in [-0.1, -0.05) is 6.07 Å². The van der Waals surface area contributed by atoms with E-state index >= 15 is 0 Å². The third-order valence-electron chi connectivity index (χ3n) is 4.23. The Morgan fingerprint density at radius 2 is 1.80 bits per heavy atom. The Labute approximate surface area is 154 Å². The van der Waals surface area contributed by atoms with Crippen molar-refractivity contribution in [3.8, 4) is 5.75 Å². The van der Waals surface area contributed by atoms with Gasteiger partial charge in [0.15, 0.2) is 0 Å². The van der Waals surface area contributed by atoms with Crippen LogP contribution in [0.25, 0.3) is 0 Å². The molecule has 140 valence electrons. The molecule has 0 spiro atoms. The summed E-state index contributed by atoms with van der Waals surface area (Å²) in [5.41, 5.74) is 6.15. The van der Waals surface area contributed by atoms with Crippen LogP contribution in [0.5, 0.6) is 5.75 Å². The summed E-state index contributed by atoms with van der Waals surface area (Å²) in [5, 5.41) is 0. The van der Waals surface area contributed by atoms with Crippen LogP contribution in [0.3, 0.4) is 0 Å². The summed E-state index contributed by atoms with van der Waals surface area (Å²) in [6.45, 7) is 2.39. The molecule has 0 saturated carbocycles. The lowest BCUT2D eigenvalue weighted by Crippen LogP contribution is -2.51. The van der Waals surface area contributed by atoms with E-state index in [-0.39, 0.29) is 36.7 Å². The molecule has 25 heavy (non-hydrogen) atoms. The van der Waals surface area contributed by atoms with E-state index in [0.717, 1.165) is 0 Å². The second-order valence-electron chi connectivity index (χ2n) is 5.70. The van der Waals surface area contributed by atoms with E-state index in [1.165, 1.54) is 0 Å². The molecule has 0 bridgehead atoms. The molecule has 1 aliphatic heterocycles. The number of ether oxygens (including phenoxy) is 2. The summed E-state index contributed by atoms with van der Waals surface area (Å²) in [7, 11) is 3.12. The Morgan fingerprint density at radius 3 is 2.36 bits per heavy atom. The van der Waals surface area contributed by atoms with Gasteiger partial charge in [0, 0.05) is 45.4 Å². The van der Waals surface area contributed by atoms with Gasteiger partial charge in [-0.2, -0.15) is 0 Å². The minimum Gasteiger partial charge on any atom is -0.497 e. The first-order valence-electron chi connectivity index (χ1n) is 8.03. The zero-order chi connectivity index (χ0) is 17.5. The zero-order valence-electron chi connectivity index (χ0n) is 14.6. The SMILES string of the molecule is COc1cccc(C(=O)N2CCN(C(=O)CC(CN)OC)CC2)c1.Cl. The third kappa shape index (κ3) is 5.59. The van der Waals surface area contributed by atoms with Crippen LogP contribution in [0.1, 0.15) is 16.8 Å². The highest BCUT2D eigenvalue weighted by Gasteiger charge is 2.26. The average molecular weight is 372 g/mol. The highest BCUT2D eigenvalue weighted by molar-refractivity contribution is 5.94. The van der Waals surface area contributed by atoms with Crippen molar-refractivity contribution in [1.29, 1.82) is 0 Å². The van der Waals surface area contributed by atoms with Crippen LogP contribution in [0.4, 0.5) is 0 Å². The molecule has 0 aliphatic carbocycles. The number of rotatable bonds is 6. The largest absolute Gasteiger partial charge is 0.497 e. The summed E-state index contributed by atoms with van der Waals surface area (Å²) in [4.78, 5) is 28.3. The summed E-state index contributed by atoms with van der Waals surface area (Å²) in [5.74, 6) is 0.626. The number of halogens is 1. The minimum atomic E-state index is -0.256. The van der Waals surface area contributed by atoms with E-state index in [0.29, 0.717) is 44.0 Å². The lowest BCUT2D eigenvalue weighted by molar-refractivity contribution is -0.135. The van der Waals surface area contributed by atoms with Crippen LogP contribution >= 0.6 is 12.4 Å². The fourth-order valence-corrected chi connectivity index (χ4v) is 2.68. The van der Waals surface area contributed by atoms with Crippen molar-refractivity contribution in [1.82, 2.24) is 9.80 Å². The molecular weight excluding hydrogens is 346 g/mol. The number of piperazine rings is 1. The van der Waals surface area contributed by atoms with Crippen molar-refractivity contribution in [2.75, 3.05) is 46.9 Å². The molecular formula is C17H26ClN3O4. The summed E-state index contributed by atoms with van der Waals surface area (Å²) in [6.07, 6.45) is 0.0190. The molecule has 1 heterocycles. The molecule has 1 saturated heterocycles. The quantitative estimate of drug-likeness (QED) is 0.798. The van der Waals surface area contributed by atoms with E-state index in [1.807, 2.05) is 0 Å². The normalized spacial score (nSPS) is 15.3. The number of carbonyl (C=O) groups excluding carboxylic acids is 2. The fraction of sp³-hybridized carbons (Fsp3) is 0.529. The maximum atomic E-state index is 12.5. The van der Waals surface area contributed by atoms with Crippen molar-refractivity contribution in [3.63, 3.8) is 0 Å². The van der Waals surface area contributed by atoms with Crippen molar-refractivity contribution >= 4 is 24.2 Å². The van der Waals surface area contributed by atoms with Gasteiger partial charge in [0.2, 0.25) is 5.91 Å². The van der Waals surface area contributed by atoms with Crippen molar-refractivity contribution < 1.29 is 19.1 Å². The molecule has 0 aromatic heterocycles. The van der Waals surface area contributed by atoms with E-state index in [9.17, 15) is 9.59 Å². The maximum absolute atomic E-state index is 12.5. The maximum Gasteiger partial charge on any atom is 0.254 e. The number of nitrogens with zero attached hydrogens (tertiary/aromatic N) is 2. The smallest absolute Gasteiger partial charge is 0.254 e. The van der Waals surface area contributed by atoms with E-state index < -0.39 is 0 Å². The topological polar surface area (TPSA) is 85.1 Å². The summed E-state index contributed by atoms with van der Waals surface area (Å²) >= 11 is 0. The fourth-order valence-electron chi connectivity index (χ4n) is 2.68. The van der Waals surface area contributed by atoms with Crippen LogP contribution in [-0.4, -0.2) is 74.7 Å². The highest BCUT2D eigenvalue weighted by Crippen LogP contribution is 2.16. The molecule has 2 amide bonds. The lowest BCUT2D eigenvalue weighted by atomic mass is 10.1. The molecule has 2 N–H and O–H groups in total. The number of hydrogen-bond acceptors (Lipinski definition) is 5. The molecule has 1 aromatic carbocycles. The first kappa shape index (κ1) is 21.2. The van der Waals surface area contributed by atoms with Crippen LogP contribution in [0.2, 0.25) is 0 Å². The van der Waals surface area contributed by atoms with Crippen molar-refractivity contribution in [3.05, 3.63) is 29.8 Å². The van der Waals surface area contributed by atoms with Crippen LogP contribution in [0, 0.1) is 0 Å². The van der Waals surface area contributed by atoms with Gasteiger partial charge >= 0.3 is 0 Å². The number of nitrogens with two attached hydrogens (primary N) is 1. The predicted molar refractivity (Wildman–Crippen MR) is 97.2 cm³/mol. The Kier molecular flexibility index (Phi) is 8.68. The molecule has 2 rings (SSSR count). The van der Waals surface area contributed by atoms with E-state index in [2.05, 4.69) is 0 Å². The zero-order valence-corrected chi connectivity index (χ0v) is 15.5. The third-order valence-corrected chi connectivity index (χ3v) is 4.23. The van der Waals surface area contributed by atoms with Gasteiger partial charge in [0.05, 0.1) is 19.6 Å². The predicted octanol–water partition coefficient (Wildman–Crippen LogP) is 0.765. The minimum absolute atomic E-state index is 0. The number of benzene rings is 1. The van der Waals surface area contributed by atoms with Gasteiger partial charge in [-0.15, -0.1) is 12.4 Å². The van der Waals surface area contributed by atoms with Gasteiger partial charge < -0.3 is 25.0 Å². The first-order chi connectivity index (χ1) is 11.6. The van der Waals surface area contributed by atoms with Crippen LogP contribution in [0.15, 0.2) is 24.3 Å². The second kappa shape index (κ2) is 10.2. The lowest BCUT2D eigenvalue weighted by Gasteiger charge is -2.35. The van der Waals surface area contributed by atoms with Crippen LogP contribution < -0.4 is 10.5 Å². The van der Waals surface area contributed by atoms with Gasteiger partial charge in [0.25, 0.3) is 5.91 Å². The molecule has 7 nitrogen and oxygen atoms in total. The molecule has 0 radical (unpaired) electrons. The molecule has 1 unspecified atom stereocenters. The number of amides is 2. The van der Waals surface area contributed by atoms with Crippen molar-refractivity contribution in [2.45, 2.75) is 12.5 Å². The van der Waals surface area contributed by atoms with Crippen molar-refractivity contribution in [2.24, 2.45) is 5.73 Å². The van der Waals surface area contributed by atoms with Gasteiger partial charge in [0.1, 0.15) is 5.75 Å². The highest BCUT2D eigenvalue weighted by atomic mass is 35.5. The molecule has 1 aromatic rings. The Bertz CT molecular complexity index is 573. The monoisotopic (exact) mass is 371 g/mol. The standard InChI is InChI=1S/C17H25N3O4.ClH/c1-23-14-5-3-4-13(10-14)17(22)20-8-6-19(7-9-20)16(21)11-15(12-18)24-2;/h3-5,10,15H,6-9,11-12,18H2,1-2H3;1H. The van der Waals surface area contributed by atoms with Crippen LogP contribution in [-0.2, 0) is 9.53 Å². The molecule has 8 heteroatoms. The second-order valence-corrected chi connectivity index (χ2v) is 5.70. The summed E-state index contributed by atoms with van der Waals surface area (Å²) < 4.78 is 10.3. The van der Waals surface area contributed by atoms with Gasteiger partial charge in [-0.3, -0.25) is 9.59 Å². The molecule has 1 aliphatic rings. The summed E-state index contributed by atoms with van der Waals surface area (Å²) in [6, 6.07) is 7.09. The number of hydrogen-bond donors (Lipinski definition) is 1. The van der Waals surface area contributed by atoms with Gasteiger partial charge in [-0.25, -0.2) is 0 Å². The molecule has 1 atom stereocenters.